The van der Waals surface area contributed by atoms with Crippen LogP contribution >= 0.6 is 0 Å². The Kier molecular flexibility index (Phi) is 69.9. The van der Waals surface area contributed by atoms with Crippen LogP contribution in [0, 0.1) is 83.5 Å². The largest absolute Gasteiger partial charge is 3.00 e. The van der Waals surface area contributed by atoms with Crippen LogP contribution in [-0.4, -0.2) is 110 Å². The van der Waals surface area contributed by atoms with Gasteiger partial charge in [0.1, 0.15) is 0 Å². The maximum atomic E-state index is 10.9. The Morgan fingerprint density at radius 1 is 0.121 bits per heavy atom. The van der Waals surface area contributed by atoms with Gasteiger partial charge in [-0.2, -0.15) is 0 Å². The van der Waals surface area contributed by atoms with Crippen molar-refractivity contribution in [2.24, 2.45) is 0 Å². The smallest absolute Gasteiger partial charge is 0.872 e. The minimum atomic E-state index is 0. The van der Waals surface area contributed by atoms with Crippen LogP contribution in [0.15, 0.2) is 425 Å². The molecule has 694 valence electrons. The zero-order valence-corrected chi connectivity index (χ0v) is 87.7. The van der Waals surface area contributed by atoms with Gasteiger partial charge >= 0.3 is 159 Å². The van der Waals surface area contributed by atoms with E-state index in [0.717, 1.165) is 108 Å². The van der Waals surface area contributed by atoms with Gasteiger partial charge in [0.05, 0.1) is 52.9 Å². The first-order valence-corrected chi connectivity index (χ1v) is 42.8. The second kappa shape index (κ2) is 76.5. The topological polar surface area (TPSA) is 304 Å². The first kappa shape index (κ1) is 128. The van der Waals surface area contributed by atoms with Gasteiger partial charge in [0.15, 0.2) is 0 Å². The predicted molar refractivity (Wildman–Crippen MR) is 529 cm³/mol. The molecule has 0 saturated carbocycles. The van der Waals surface area contributed by atoms with Gasteiger partial charge in [-0.3, -0.25) is 0 Å². The molecule has 0 spiro atoms. The number of fused-ring (bicyclic) bond motifs is 10. The normalized spacial score (nSPS) is 9.54. The fraction of sp³-hybridized carbons (Fsp3) is 0.138. The molecule has 20 aromatic rings. The molecule has 0 aliphatic rings. The van der Waals surface area contributed by atoms with Crippen molar-refractivity contribution in [1.29, 1.82) is 0 Å². The second-order valence-electron chi connectivity index (χ2n) is 29.0. The minimum Gasteiger partial charge on any atom is -0.872 e. The number of hydrogen-bond acceptors (Lipinski definition) is 18. The van der Waals surface area contributed by atoms with Crippen LogP contribution < -0.4 is 127 Å². The molecule has 0 unspecified atom stereocenters. The summed E-state index contributed by atoms with van der Waals surface area (Å²) >= 11 is 0. The Morgan fingerprint density at radius 2 is 0.193 bits per heavy atom. The molecule has 0 amide bonds. The van der Waals surface area contributed by atoms with Crippen molar-refractivity contribution in [1.82, 2.24) is 0 Å². The number of ether oxygens (including phenoxy) is 8. The van der Waals surface area contributed by atoms with Gasteiger partial charge < -0.3 is 89.0 Å². The van der Waals surface area contributed by atoms with E-state index >= 15 is 0 Å². The molecule has 0 aliphatic heterocycles. The molecule has 0 N–H and O–H groups in total. The summed E-state index contributed by atoms with van der Waals surface area (Å²) in [5.41, 5.74) is 0. The summed E-state index contributed by atoms with van der Waals surface area (Å²) in [5, 5.41) is 130. The molecular weight excluding hydrogens is 1990 g/mol. The van der Waals surface area contributed by atoms with E-state index in [4.69, 9.17) is 0 Å². The van der Waals surface area contributed by atoms with Gasteiger partial charge in [-0.1, -0.05) is 425 Å². The fourth-order valence-electron chi connectivity index (χ4n) is 12.3. The second-order valence-corrected chi connectivity index (χ2v) is 29.0. The molecule has 20 aromatic carbocycles. The van der Waals surface area contributed by atoms with Crippen LogP contribution in [0.3, 0.4) is 0 Å². The van der Waals surface area contributed by atoms with Crippen LogP contribution in [0.2, 0.25) is 0 Å². The molecule has 0 bridgehead atoms. The third-order valence-corrected chi connectivity index (χ3v) is 19.2. The van der Waals surface area contributed by atoms with Crippen LogP contribution in [-0.2, 0) is 37.9 Å². The van der Waals surface area contributed by atoms with Crippen molar-refractivity contribution < 1.29 is 248 Å². The van der Waals surface area contributed by atoms with Gasteiger partial charge in [0.25, 0.3) is 0 Å². The average molecular weight is 2100 g/mol. The summed E-state index contributed by atoms with van der Waals surface area (Å²) in [6.07, 6.45) is 0. The van der Waals surface area contributed by atoms with E-state index in [0.29, 0.717) is 52.9 Å². The molecule has 2 radical (unpaired) electrons. The van der Waals surface area contributed by atoms with E-state index < -0.39 is 0 Å². The van der Waals surface area contributed by atoms with Gasteiger partial charge in [-0.05, 0) is 108 Å². The third-order valence-electron chi connectivity index (χ3n) is 19.2. The van der Waals surface area contributed by atoms with E-state index in [2.05, 4.69) is 37.9 Å². The summed E-state index contributed by atoms with van der Waals surface area (Å²) in [6, 6.07) is 129. The monoisotopic (exact) mass is 2100 g/mol. The molecule has 0 fully saturated rings. The van der Waals surface area contributed by atoms with Crippen molar-refractivity contribution in [2.75, 3.05) is 110 Å². The Balaban J connectivity index is 0.000000756. The van der Waals surface area contributed by atoms with E-state index in [9.17, 15) is 51.1 Å². The van der Waals surface area contributed by atoms with Crippen LogP contribution in [0.5, 0.6) is 57.5 Å². The molecule has 0 aromatic heterocycles. The molecule has 20 rings (SSSR count). The molecule has 0 saturated heterocycles. The summed E-state index contributed by atoms with van der Waals surface area (Å²) in [4.78, 5) is 0. The van der Waals surface area contributed by atoms with Crippen molar-refractivity contribution in [3.05, 3.63) is 425 Å². The molecule has 0 heterocycles. The maximum Gasteiger partial charge on any atom is 3.00 e. The quantitative estimate of drug-likeness (QED) is 0.0820. The first-order chi connectivity index (χ1) is 65.3. The number of rotatable bonds is 12. The van der Waals surface area contributed by atoms with Crippen molar-refractivity contribution in [2.45, 2.75) is 0 Å². The van der Waals surface area contributed by atoms with Gasteiger partial charge in [-0.25, -0.2) is 0 Å². The van der Waals surface area contributed by atoms with Gasteiger partial charge in [0.2, 0.25) is 0 Å². The molecule has 18 nitrogen and oxygen atoms in total. The first-order valence-electron chi connectivity index (χ1n) is 42.8. The van der Waals surface area contributed by atoms with Crippen molar-refractivity contribution in [3.8, 4) is 57.5 Å². The van der Waals surface area contributed by atoms with E-state index in [1.807, 2.05) is 303 Å². The van der Waals surface area contributed by atoms with Crippen LogP contribution in [0.1, 0.15) is 0 Å². The Bertz CT molecular complexity index is 5420. The molecule has 24 heteroatoms. The number of methoxy groups -OCH3 is 8. The van der Waals surface area contributed by atoms with Crippen molar-refractivity contribution in [3.63, 3.8) is 0 Å². The Morgan fingerprint density at radius 3 is 0.264 bits per heavy atom. The predicted octanol–water partition coefficient (Wildman–Crippen LogP) is 8.27. The summed E-state index contributed by atoms with van der Waals surface area (Å²) in [5.74, 6) is 0.729. The average Bonchev–Trinajstić information content (AvgIpc) is 0.919. The zero-order valence-electron chi connectivity index (χ0n) is 81.4. The summed E-state index contributed by atoms with van der Waals surface area (Å²) in [6.45, 7) is 5.53. The molecule has 0 aliphatic carbocycles. The SMILES string of the molecule is COCCOC.COCCOC.COCCOC.COCCOC.[Ce+3].[Ce+3].[Li+].[Li+].[Li+].[Li+].[O-]c1ccc2ccccc2c1.[O-]c1ccc2ccccc2c1.[O-]c1ccc2ccccc2c1.[O-]c1ccc2ccccc2c1.[O-]c1ccc2ccccc2c1.[O-]c1ccc2ccccc2c1.[O-]c1ccc2ccccc2c1.[O-]c1ccc2ccccc2c1.[O-]c1ccc2ccccc2c1.[O-]c1ccc2ccccc2c1. The van der Waals surface area contributed by atoms with Gasteiger partial charge in [-0.15, -0.1) is 57.5 Å². The number of hydrogen-bond donors (Lipinski definition) is 0. The number of benzene rings is 20. The summed E-state index contributed by atoms with van der Waals surface area (Å²) < 4.78 is 37.3. The standard InChI is InChI=1S/10C10H8O.4C4H10O2.2Ce.4Li/c10*11-10-6-5-8-3-1-2-4-9(8)7-10;4*1-5-3-4-6-2;;;;;;/h10*1-7,11H;4*3-4H2,1-2H3;;;;;;/q;;;;;;;;;;;;;;2*+3;4*+1/p-10. The van der Waals surface area contributed by atoms with Gasteiger partial charge in [0, 0.05) is 56.9 Å². The summed E-state index contributed by atoms with van der Waals surface area (Å²) in [7, 11) is 13.2. The van der Waals surface area contributed by atoms with E-state index in [-0.39, 0.29) is 216 Å². The molecule has 0 atom stereocenters. The maximum absolute atomic E-state index is 10.9. The van der Waals surface area contributed by atoms with E-state index in [1.54, 1.807) is 178 Å². The Labute approximate surface area is 936 Å². The zero-order chi connectivity index (χ0) is 96.1. The third kappa shape index (κ3) is 50.5. The minimum absolute atomic E-state index is 0. The van der Waals surface area contributed by atoms with Crippen molar-refractivity contribution >= 4 is 108 Å². The molecule has 140 heavy (non-hydrogen) atoms. The van der Waals surface area contributed by atoms with E-state index in [1.165, 1.54) is 0 Å². The van der Waals surface area contributed by atoms with Crippen LogP contribution in [0.25, 0.3) is 108 Å². The molecular formula is C116H110Ce2Li4O18. The Hall–Kier alpha value is -10.2. The van der Waals surface area contributed by atoms with Crippen LogP contribution in [0.4, 0.5) is 0 Å². The fourth-order valence-corrected chi connectivity index (χ4v) is 12.3.